The molecule has 1 unspecified atom stereocenters. The zero-order chi connectivity index (χ0) is 17.1. The molecule has 0 saturated heterocycles. The monoisotopic (exact) mass is 329 g/mol. The first kappa shape index (κ1) is 16.8. The van der Waals surface area contributed by atoms with E-state index in [1.165, 1.54) is 0 Å². The average Bonchev–Trinajstić information content (AvgIpc) is 2.49. The van der Waals surface area contributed by atoms with Gasteiger partial charge in [0.2, 0.25) is 0 Å². The van der Waals surface area contributed by atoms with E-state index in [-0.39, 0.29) is 11.1 Å². The zero-order valence-electron chi connectivity index (χ0n) is 11.5. The van der Waals surface area contributed by atoms with E-state index in [9.17, 15) is 32.6 Å². The van der Waals surface area contributed by atoms with Gasteiger partial charge >= 0.3 is 0 Å². The number of phenols is 1. The van der Waals surface area contributed by atoms with Crippen molar-refractivity contribution in [1.29, 1.82) is 0 Å². The Bertz CT molecular complexity index is 728. The summed E-state index contributed by atoms with van der Waals surface area (Å²) in [6.45, 7) is -0.738. The Kier molecular flexibility index (Phi) is 4.85. The van der Waals surface area contributed by atoms with Crippen molar-refractivity contribution < 1.29 is 32.6 Å². The summed E-state index contributed by atoms with van der Waals surface area (Å²) in [6.07, 6.45) is 0. The highest BCUT2D eigenvalue weighted by Gasteiger charge is 2.21. The first-order chi connectivity index (χ1) is 10.8. The molecule has 0 bridgehead atoms. The Morgan fingerprint density at radius 2 is 1.70 bits per heavy atom. The second kappa shape index (κ2) is 6.66. The largest absolute Gasteiger partial charge is 0.507 e. The first-order valence-corrected chi connectivity index (χ1v) is 6.38. The number of hydrogen-bond donors (Lipinski definition) is 3. The maximum Gasteiger partial charge on any atom is 0.255 e. The van der Waals surface area contributed by atoms with Gasteiger partial charge in [0.05, 0.1) is 18.2 Å². The van der Waals surface area contributed by atoms with E-state index in [0.717, 1.165) is 12.1 Å². The van der Waals surface area contributed by atoms with Crippen molar-refractivity contribution in [3.63, 3.8) is 0 Å². The van der Waals surface area contributed by atoms with Crippen LogP contribution in [0.15, 0.2) is 30.3 Å². The number of phenolic OH excluding ortho intramolecular Hbond substituents is 1. The number of benzene rings is 2. The second-order valence-electron chi connectivity index (χ2n) is 4.67. The third kappa shape index (κ3) is 3.59. The van der Waals surface area contributed by atoms with Crippen LogP contribution in [0.1, 0.15) is 22.0 Å². The molecule has 0 aliphatic heterocycles. The molecule has 0 fully saturated rings. The van der Waals surface area contributed by atoms with Gasteiger partial charge in [-0.15, -0.1) is 0 Å². The molecule has 0 spiro atoms. The van der Waals surface area contributed by atoms with Crippen LogP contribution in [0.4, 0.5) is 17.6 Å². The Morgan fingerprint density at radius 1 is 1.09 bits per heavy atom. The van der Waals surface area contributed by atoms with Gasteiger partial charge in [-0.1, -0.05) is 0 Å². The Hall–Kier alpha value is -2.61. The fraction of sp³-hybridized carbons (Fsp3) is 0.133. The summed E-state index contributed by atoms with van der Waals surface area (Å²) >= 11 is 0. The third-order valence-corrected chi connectivity index (χ3v) is 3.10. The molecule has 2 aromatic carbocycles. The molecule has 23 heavy (non-hydrogen) atoms. The quantitative estimate of drug-likeness (QED) is 0.596. The molecule has 0 aliphatic rings. The van der Waals surface area contributed by atoms with Crippen LogP contribution in [0.2, 0.25) is 0 Å². The smallest absolute Gasteiger partial charge is 0.255 e. The number of aromatic hydroxyl groups is 1. The van der Waals surface area contributed by atoms with E-state index in [0.29, 0.717) is 18.2 Å². The normalized spacial score (nSPS) is 12.0. The number of halogens is 4. The standard InChI is InChI=1S/C15H11F4NO3/c16-8-1-2-9(13(22)5-8)15(23)20-12(6-21)7-3-10(17)14(19)11(18)4-7/h1-5,12,21-22H,6H2,(H,20,23). The van der Waals surface area contributed by atoms with Crippen molar-refractivity contribution in [2.45, 2.75) is 6.04 Å². The molecule has 0 aliphatic carbocycles. The molecule has 0 radical (unpaired) electrons. The molecule has 0 aromatic heterocycles. The molecule has 8 heteroatoms. The van der Waals surface area contributed by atoms with Crippen molar-refractivity contribution in [1.82, 2.24) is 5.32 Å². The highest BCUT2D eigenvalue weighted by Crippen LogP contribution is 2.22. The van der Waals surface area contributed by atoms with Crippen LogP contribution in [0.25, 0.3) is 0 Å². The number of carbonyl (C=O) groups excluding carboxylic acids is 1. The fourth-order valence-corrected chi connectivity index (χ4v) is 1.94. The minimum atomic E-state index is -1.67. The van der Waals surface area contributed by atoms with Crippen LogP contribution in [-0.4, -0.2) is 22.7 Å². The maximum absolute atomic E-state index is 13.2. The van der Waals surface area contributed by atoms with Gasteiger partial charge in [0.25, 0.3) is 5.91 Å². The topological polar surface area (TPSA) is 69.6 Å². The van der Waals surface area contributed by atoms with Gasteiger partial charge < -0.3 is 15.5 Å². The number of aliphatic hydroxyl groups excluding tert-OH is 1. The van der Waals surface area contributed by atoms with Gasteiger partial charge in [-0.3, -0.25) is 4.79 Å². The van der Waals surface area contributed by atoms with E-state index in [2.05, 4.69) is 5.32 Å². The van der Waals surface area contributed by atoms with Gasteiger partial charge in [0, 0.05) is 6.07 Å². The van der Waals surface area contributed by atoms with E-state index in [1.807, 2.05) is 0 Å². The summed E-state index contributed by atoms with van der Waals surface area (Å²) < 4.78 is 52.2. The van der Waals surface area contributed by atoms with Crippen LogP contribution >= 0.6 is 0 Å². The summed E-state index contributed by atoms with van der Waals surface area (Å²) in [5.74, 6) is -6.94. The third-order valence-electron chi connectivity index (χ3n) is 3.10. The number of amides is 1. The summed E-state index contributed by atoms with van der Waals surface area (Å²) in [5, 5.41) is 21.0. The number of carbonyl (C=O) groups is 1. The van der Waals surface area contributed by atoms with Crippen LogP contribution < -0.4 is 5.32 Å². The van der Waals surface area contributed by atoms with Gasteiger partial charge in [-0.25, -0.2) is 17.6 Å². The predicted molar refractivity (Wildman–Crippen MR) is 71.7 cm³/mol. The van der Waals surface area contributed by atoms with Gasteiger partial charge in [0.15, 0.2) is 17.5 Å². The molecule has 4 nitrogen and oxygen atoms in total. The molecular formula is C15H11F4NO3. The fourth-order valence-electron chi connectivity index (χ4n) is 1.94. The molecule has 2 aromatic rings. The Morgan fingerprint density at radius 3 is 2.22 bits per heavy atom. The Balaban J connectivity index is 2.27. The van der Waals surface area contributed by atoms with Crippen molar-refractivity contribution >= 4 is 5.91 Å². The maximum atomic E-state index is 13.2. The minimum Gasteiger partial charge on any atom is -0.507 e. The first-order valence-electron chi connectivity index (χ1n) is 6.38. The number of rotatable bonds is 4. The molecule has 2 rings (SSSR count). The van der Waals surface area contributed by atoms with Gasteiger partial charge in [-0.05, 0) is 29.8 Å². The van der Waals surface area contributed by atoms with Crippen LogP contribution in [-0.2, 0) is 0 Å². The highest BCUT2D eigenvalue weighted by molar-refractivity contribution is 5.97. The Labute approximate surface area is 128 Å². The van der Waals surface area contributed by atoms with Crippen molar-refractivity contribution in [2.24, 2.45) is 0 Å². The molecule has 1 amide bonds. The van der Waals surface area contributed by atoms with Crippen LogP contribution in [0.3, 0.4) is 0 Å². The average molecular weight is 329 g/mol. The van der Waals surface area contributed by atoms with Gasteiger partial charge in [0.1, 0.15) is 11.6 Å². The molecule has 3 N–H and O–H groups in total. The van der Waals surface area contributed by atoms with E-state index in [4.69, 9.17) is 0 Å². The number of nitrogens with one attached hydrogen (secondary N) is 1. The van der Waals surface area contributed by atoms with Crippen LogP contribution in [0.5, 0.6) is 5.75 Å². The molecule has 1 atom stereocenters. The lowest BCUT2D eigenvalue weighted by atomic mass is 10.1. The highest BCUT2D eigenvalue weighted by atomic mass is 19.2. The van der Waals surface area contributed by atoms with Crippen LogP contribution in [0, 0.1) is 23.3 Å². The van der Waals surface area contributed by atoms with Crippen molar-refractivity contribution in [3.05, 3.63) is 64.7 Å². The summed E-state index contributed by atoms with van der Waals surface area (Å²) in [5.41, 5.74) is -0.508. The second-order valence-corrected chi connectivity index (χ2v) is 4.67. The molecule has 122 valence electrons. The number of aliphatic hydroxyl groups is 1. The van der Waals surface area contributed by atoms with E-state index >= 15 is 0 Å². The SMILES string of the molecule is O=C(NC(CO)c1cc(F)c(F)c(F)c1)c1ccc(F)cc1O. The van der Waals surface area contributed by atoms with Crippen molar-refractivity contribution in [2.75, 3.05) is 6.61 Å². The minimum absolute atomic E-state index is 0.209. The van der Waals surface area contributed by atoms with Gasteiger partial charge in [-0.2, -0.15) is 0 Å². The molecule has 0 saturated carbocycles. The summed E-state index contributed by atoms with van der Waals surface area (Å²) in [4.78, 5) is 12.0. The van der Waals surface area contributed by atoms with E-state index in [1.54, 1.807) is 0 Å². The summed E-state index contributed by atoms with van der Waals surface area (Å²) in [7, 11) is 0. The lowest BCUT2D eigenvalue weighted by Crippen LogP contribution is -2.31. The lowest BCUT2D eigenvalue weighted by molar-refractivity contribution is 0.0913. The van der Waals surface area contributed by atoms with Crippen molar-refractivity contribution in [3.8, 4) is 5.75 Å². The van der Waals surface area contributed by atoms with E-state index < -0.39 is 47.6 Å². The zero-order valence-corrected chi connectivity index (χ0v) is 11.5. The molecular weight excluding hydrogens is 318 g/mol. The summed E-state index contributed by atoms with van der Waals surface area (Å²) in [6, 6.07) is 2.64. The number of hydrogen-bond acceptors (Lipinski definition) is 3. The predicted octanol–water partition coefficient (Wildman–Crippen LogP) is 2.41. The molecule has 0 heterocycles. The lowest BCUT2D eigenvalue weighted by Gasteiger charge is -2.17.